The average molecular weight is 356 g/mol. The number of nitrogens with two attached hydrogens (primary N) is 1. The molecule has 0 radical (unpaired) electrons. The van der Waals surface area contributed by atoms with Gasteiger partial charge in [-0.3, -0.25) is 0 Å². The Hall–Kier alpha value is -2.48. The molecule has 138 valence electrons. The first kappa shape index (κ1) is 17.0. The van der Waals surface area contributed by atoms with Gasteiger partial charge in [-0.25, -0.2) is 15.0 Å². The molecule has 2 fully saturated rings. The van der Waals surface area contributed by atoms with Crippen molar-refractivity contribution in [2.75, 3.05) is 30.4 Å². The lowest BCUT2D eigenvalue weighted by Crippen LogP contribution is -2.44. The SMILES string of the molecule is CC1CC(Oc2cc(-c3cnc(N)nc3)nc(N3CCOC[C@@H]3C)n2)C1. The second-order valence-corrected chi connectivity index (χ2v) is 7.16. The molecule has 0 unspecified atom stereocenters. The van der Waals surface area contributed by atoms with Gasteiger partial charge in [0, 0.05) is 30.6 Å². The topological polar surface area (TPSA) is 99.3 Å². The van der Waals surface area contributed by atoms with Crippen molar-refractivity contribution in [3.63, 3.8) is 0 Å². The van der Waals surface area contributed by atoms with E-state index in [-0.39, 0.29) is 18.1 Å². The second-order valence-electron chi connectivity index (χ2n) is 7.16. The summed E-state index contributed by atoms with van der Waals surface area (Å²) in [4.78, 5) is 19.7. The van der Waals surface area contributed by atoms with E-state index in [1.165, 1.54) is 0 Å². The number of hydrogen-bond donors (Lipinski definition) is 1. The third-order valence-electron chi connectivity index (χ3n) is 4.90. The van der Waals surface area contributed by atoms with E-state index in [0.717, 1.165) is 30.6 Å². The first-order valence-corrected chi connectivity index (χ1v) is 9.06. The van der Waals surface area contributed by atoms with E-state index < -0.39 is 0 Å². The minimum atomic E-state index is 0.207. The molecule has 0 spiro atoms. The second kappa shape index (κ2) is 7.03. The van der Waals surface area contributed by atoms with Gasteiger partial charge in [-0.15, -0.1) is 0 Å². The molecule has 4 rings (SSSR count). The van der Waals surface area contributed by atoms with Gasteiger partial charge in [0.25, 0.3) is 0 Å². The molecule has 8 heteroatoms. The van der Waals surface area contributed by atoms with Crippen LogP contribution in [0.4, 0.5) is 11.9 Å². The van der Waals surface area contributed by atoms with Crippen molar-refractivity contribution >= 4 is 11.9 Å². The van der Waals surface area contributed by atoms with Gasteiger partial charge in [-0.2, -0.15) is 4.98 Å². The van der Waals surface area contributed by atoms with E-state index >= 15 is 0 Å². The highest BCUT2D eigenvalue weighted by Gasteiger charge is 2.29. The number of nitrogen functional groups attached to an aromatic ring is 1. The van der Waals surface area contributed by atoms with Gasteiger partial charge in [-0.05, 0) is 25.7 Å². The number of anilines is 2. The molecule has 2 aliphatic rings. The molecule has 1 aliphatic carbocycles. The highest BCUT2D eigenvalue weighted by atomic mass is 16.5. The van der Waals surface area contributed by atoms with E-state index in [4.69, 9.17) is 20.2 Å². The maximum absolute atomic E-state index is 6.10. The van der Waals surface area contributed by atoms with Crippen molar-refractivity contribution in [3.8, 4) is 17.1 Å². The molecule has 1 saturated heterocycles. The Labute approximate surface area is 152 Å². The average Bonchev–Trinajstić information content (AvgIpc) is 2.61. The predicted octanol–water partition coefficient (Wildman–Crippen LogP) is 1.92. The summed E-state index contributed by atoms with van der Waals surface area (Å²) < 4.78 is 11.6. The molecule has 0 amide bonds. The Morgan fingerprint density at radius 2 is 1.96 bits per heavy atom. The van der Waals surface area contributed by atoms with E-state index in [9.17, 15) is 0 Å². The zero-order chi connectivity index (χ0) is 18.1. The van der Waals surface area contributed by atoms with Crippen molar-refractivity contribution in [1.29, 1.82) is 0 Å². The monoisotopic (exact) mass is 356 g/mol. The number of nitrogens with zero attached hydrogens (tertiary/aromatic N) is 5. The van der Waals surface area contributed by atoms with Crippen LogP contribution >= 0.6 is 0 Å². The van der Waals surface area contributed by atoms with Crippen LogP contribution in [-0.4, -0.2) is 51.8 Å². The number of aromatic nitrogens is 4. The molecular formula is C18H24N6O2. The summed E-state index contributed by atoms with van der Waals surface area (Å²) in [5.74, 6) is 2.20. The van der Waals surface area contributed by atoms with Gasteiger partial charge < -0.3 is 20.1 Å². The molecule has 1 aliphatic heterocycles. The summed E-state index contributed by atoms with van der Waals surface area (Å²) in [5, 5.41) is 0. The van der Waals surface area contributed by atoms with Crippen LogP contribution in [0.1, 0.15) is 26.7 Å². The minimum Gasteiger partial charge on any atom is -0.474 e. The van der Waals surface area contributed by atoms with Gasteiger partial charge in [0.2, 0.25) is 17.8 Å². The van der Waals surface area contributed by atoms with Crippen LogP contribution in [0.25, 0.3) is 11.3 Å². The smallest absolute Gasteiger partial charge is 0.229 e. The molecule has 2 N–H and O–H groups in total. The van der Waals surface area contributed by atoms with Crippen molar-refractivity contribution in [2.24, 2.45) is 5.92 Å². The van der Waals surface area contributed by atoms with E-state index in [2.05, 4.69) is 33.7 Å². The molecule has 0 aromatic carbocycles. The molecule has 3 heterocycles. The summed E-state index contributed by atoms with van der Waals surface area (Å²) in [6.45, 7) is 6.42. The summed E-state index contributed by atoms with van der Waals surface area (Å²) in [7, 11) is 0. The fraction of sp³-hybridized carbons (Fsp3) is 0.556. The molecule has 0 bridgehead atoms. The molecule has 1 saturated carbocycles. The van der Waals surface area contributed by atoms with Crippen LogP contribution in [0.5, 0.6) is 5.88 Å². The number of morpholine rings is 1. The molecule has 1 atom stereocenters. The Morgan fingerprint density at radius 1 is 1.19 bits per heavy atom. The normalized spacial score (nSPS) is 25.6. The van der Waals surface area contributed by atoms with Crippen molar-refractivity contribution in [3.05, 3.63) is 18.5 Å². The van der Waals surface area contributed by atoms with Crippen LogP contribution in [-0.2, 0) is 4.74 Å². The maximum Gasteiger partial charge on any atom is 0.229 e. The summed E-state index contributed by atoms with van der Waals surface area (Å²) >= 11 is 0. The Morgan fingerprint density at radius 3 is 2.65 bits per heavy atom. The first-order chi connectivity index (χ1) is 12.6. The molecule has 8 nitrogen and oxygen atoms in total. The highest BCUT2D eigenvalue weighted by molar-refractivity contribution is 5.60. The molecular weight excluding hydrogens is 332 g/mol. The fourth-order valence-electron chi connectivity index (χ4n) is 3.34. The molecule has 2 aromatic rings. The maximum atomic E-state index is 6.10. The van der Waals surface area contributed by atoms with Gasteiger partial charge >= 0.3 is 0 Å². The Balaban J connectivity index is 1.67. The van der Waals surface area contributed by atoms with Crippen LogP contribution in [0.3, 0.4) is 0 Å². The molecule has 2 aromatic heterocycles. The van der Waals surface area contributed by atoms with E-state index in [1.54, 1.807) is 12.4 Å². The molecule has 26 heavy (non-hydrogen) atoms. The predicted molar refractivity (Wildman–Crippen MR) is 97.9 cm³/mol. The number of rotatable bonds is 4. The summed E-state index contributed by atoms with van der Waals surface area (Å²) in [5.41, 5.74) is 7.12. The first-order valence-electron chi connectivity index (χ1n) is 9.06. The highest BCUT2D eigenvalue weighted by Crippen LogP contribution is 2.32. The van der Waals surface area contributed by atoms with Crippen LogP contribution in [0.15, 0.2) is 18.5 Å². The zero-order valence-electron chi connectivity index (χ0n) is 15.1. The third kappa shape index (κ3) is 3.55. The van der Waals surface area contributed by atoms with Crippen molar-refractivity contribution in [1.82, 2.24) is 19.9 Å². The summed E-state index contributed by atoms with van der Waals surface area (Å²) in [6.07, 6.45) is 5.70. The lowest BCUT2D eigenvalue weighted by Gasteiger charge is -2.35. The summed E-state index contributed by atoms with van der Waals surface area (Å²) in [6, 6.07) is 2.06. The lowest BCUT2D eigenvalue weighted by atomic mass is 9.84. The number of ether oxygens (including phenoxy) is 2. The van der Waals surface area contributed by atoms with Gasteiger partial charge in [-0.1, -0.05) is 6.92 Å². The quantitative estimate of drug-likeness (QED) is 0.887. The zero-order valence-corrected chi connectivity index (χ0v) is 15.1. The van der Waals surface area contributed by atoms with Gasteiger partial charge in [0.05, 0.1) is 24.9 Å². The van der Waals surface area contributed by atoms with Gasteiger partial charge in [0.15, 0.2) is 0 Å². The largest absolute Gasteiger partial charge is 0.474 e. The lowest BCUT2D eigenvalue weighted by molar-refractivity contribution is 0.0691. The van der Waals surface area contributed by atoms with Crippen molar-refractivity contribution < 1.29 is 9.47 Å². The van der Waals surface area contributed by atoms with E-state index in [1.807, 2.05) is 6.07 Å². The third-order valence-corrected chi connectivity index (χ3v) is 4.90. The van der Waals surface area contributed by atoms with Crippen LogP contribution < -0.4 is 15.4 Å². The standard InChI is InChI=1S/C18H24N6O2/c1-11-5-14(6-11)26-16-7-15(13-8-20-17(19)21-9-13)22-18(23-16)24-3-4-25-10-12(24)2/h7-9,11-12,14H,3-6,10H2,1-2H3,(H2,19,20,21)/t11?,12-,14?/m0/s1. The van der Waals surface area contributed by atoms with Gasteiger partial charge in [0.1, 0.15) is 6.10 Å². The van der Waals surface area contributed by atoms with Crippen LogP contribution in [0, 0.1) is 5.92 Å². The minimum absolute atomic E-state index is 0.207. The Kier molecular flexibility index (Phi) is 4.58. The fourth-order valence-corrected chi connectivity index (χ4v) is 3.34. The Bertz CT molecular complexity index is 763. The van der Waals surface area contributed by atoms with Crippen molar-refractivity contribution in [2.45, 2.75) is 38.8 Å². The number of hydrogen-bond acceptors (Lipinski definition) is 8. The van der Waals surface area contributed by atoms with Crippen LogP contribution in [0.2, 0.25) is 0 Å². The van der Waals surface area contributed by atoms with E-state index in [0.29, 0.717) is 31.0 Å².